The number of aromatic nitrogens is 2. The van der Waals surface area contributed by atoms with Crippen LogP contribution in [0.3, 0.4) is 0 Å². The number of carbonyl (C=O) groups excluding carboxylic acids is 1. The smallest absolute Gasteiger partial charge is 0.262 e. The zero-order chi connectivity index (χ0) is 23.1. The van der Waals surface area contributed by atoms with Crippen LogP contribution in [0.4, 0.5) is 0 Å². The molecule has 0 radical (unpaired) electrons. The number of amides is 1. The van der Waals surface area contributed by atoms with E-state index in [1.807, 2.05) is 13.8 Å². The molecular weight excluding hydrogens is 448 g/mol. The third kappa shape index (κ3) is 6.25. The maximum atomic E-state index is 13.1. The summed E-state index contributed by atoms with van der Waals surface area (Å²) >= 11 is 7.29. The first-order valence-corrected chi connectivity index (χ1v) is 12.4. The molecule has 0 aliphatic heterocycles. The van der Waals surface area contributed by atoms with Crippen molar-refractivity contribution in [1.82, 2.24) is 14.9 Å². The van der Waals surface area contributed by atoms with Crippen molar-refractivity contribution in [2.45, 2.75) is 75.7 Å². The van der Waals surface area contributed by atoms with Crippen LogP contribution in [0.2, 0.25) is 5.02 Å². The van der Waals surface area contributed by atoms with E-state index in [4.69, 9.17) is 16.3 Å². The van der Waals surface area contributed by atoms with Gasteiger partial charge in [0.15, 0.2) is 5.16 Å². The number of hydrogen-bond donors (Lipinski definition) is 1. The summed E-state index contributed by atoms with van der Waals surface area (Å²) in [7, 11) is 0. The Morgan fingerprint density at radius 2 is 2.12 bits per heavy atom. The number of benzene rings is 1. The van der Waals surface area contributed by atoms with Crippen molar-refractivity contribution in [2.75, 3.05) is 12.4 Å². The Kier molecular flexibility index (Phi) is 8.57. The van der Waals surface area contributed by atoms with Crippen LogP contribution in [-0.2, 0) is 16.1 Å². The molecule has 1 saturated carbocycles. The zero-order valence-corrected chi connectivity index (χ0v) is 20.1. The summed E-state index contributed by atoms with van der Waals surface area (Å²) in [5, 5.41) is 14.0. The molecule has 9 heteroatoms. The van der Waals surface area contributed by atoms with Gasteiger partial charge in [0.2, 0.25) is 5.91 Å². The van der Waals surface area contributed by atoms with Crippen LogP contribution in [0, 0.1) is 11.3 Å². The van der Waals surface area contributed by atoms with E-state index in [1.165, 1.54) is 11.8 Å². The van der Waals surface area contributed by atoms with Crippen molar-refractivity contribution in [3.8, 4) is 6.07 Å². The summed E-state index contributed by atoms with van der Waals surface area (Å²) in [4.78, 5) is 30.4. The summed E-state index contributed by atoms with van der Waals surface area (Å²) in [5.74, 6) is -0.154. The molecule has 0 spiro atoms. The van der Waals surface area contributed by atoms with E-state index in [9.17, 15) is 14.9 Å². The molecule has 172 valence electrons. The Hall–Kier alpha value is -2.08. The highest BCUT2D eigenvalue weighted by Gasteiger charge is 2.33. The molecule has 1 aliphatic carbocycles. The predicted octanol–water partition coefficient (Wildman–Crippen LogP) is 4.30. The van der Waals surface area contributed by atoms with Crippen molar-refractivity contribution in [3.05, 3.63) is 33.6 Å². The second kappa shape index (κ2) is 11.2. The topological polar surface area (TPSA) is 97.0 Å². The number of nitrogens with one attached hydrogen (secondary N) is 1. The van der Waals surface area contributed by atoms with Gasteiger partial charge in [0, 0.05) is 18.2 Å². The number of fused-ring (bicyclic) bond motifs is 1. The van der Waals surface area contributed by atoms with Crippen molar-refractivity contribution < 1.29 is 9.53 Å². The summed E-state index contributed by atoms with van der Waals surface area (Å²) in [6, 6.07) is 7.30. The molecule has 1 fully saturated rings. The van der Waals surface area contributed by atoms with Gasteiger partial charge in [-0.2, -0.15) is 5.26 Å². The van der Waals surface area contributed by atoms with Crippen LogP contribution >= 0.6 is 23.4 Å². The molecule has 2 aromatic rings. The molecule has 1 heterocycles. The monoisotopic (exact) mass is 476 g/mol. The molecule has 1 aromatic carbocycles. The molecule has 3 rings (SSSR count). The number of hydrogen-bond acceptors (Lipinski definition) is 6. The van der Waals surface area contributed by atoms with Gasteiger partial charge >= 0.3 is 0 Å². The minimum Gasteiger partial charge on any atom is -0.379 e. The highest BCUT2D eigenvalue weighted by molar-refractivity contribution is 7.99. The predicted molar refractivity (Wildman–Crippen MR) is 127 cm³/mol. The van der Waals surface area contributed by atoms with Crippen LogP contribution < -0.4 is 10.9 Å². The minimum atomic E-state index is -0.784. The highest BCUT2D eigenvalue weighted by Crippen LogP contribution is 2.28. The van der Waals surface area contributed by atoms with E-state index in [-0.39, 0.29) is 23.3 Å². The van der Waals surface area contributed by atoms with Gasteiger partial charge in [-0.25, -0.2) is 4.98 Å². The van der Waals surface area contributed by atoms with Crippen molar-refractivity contribution >= 4 is 40.2 Å². The number of nitriles is 1. The first kappa shape index (κ1) is 24.6. The van der Waals surface area contributed by atoms with Crippen molar-refractivity contribution in [3.63, 3.8) is 0 Å². The van der Waals surface area contributed by atoms with Gasteiger partial charge in [0.1, 0.15) is 5.54 Å². The Balaban J connectivity index is 1.78. The number of rotatable bonds is 9. The van der Waals surface area contributed by atoms with Crippen LogP contribution in [0.15, 0.2) is 28.2 Å². The van der Waals surface area contributed by atoms with Crippen LogP contribution in [-0.4, -0.2) is 39.5 Å². The third-order valence-corrected chi connectivity index (χ3v) is 6.70. The summed E-state index contributed by atoms with van der Waals surface area (Å²) in [5.41, 5.74) is -0.450. The number of ether oxygens (including phenoxy) is 1. The van der Waals surface area contributed by atoms with Crippen LogP contribution in [0.1, 0.15) is 52.4 Å². The fraction of sp³-hybridized carbons (Fsp3) is 0.565. The molecule has 7 nitrogen and oxygen atoms in total. The summed E-state index contributed by atoms with van der Waals surface area (Å²) in [6.07, 6.45) is 5.08. The molecule has 0 unspecified atom stereocenters. The molecule has 1 aromatic heterocycles. The average Bonchev–Trinajstić information content (AvgIpc) is 2.77. The van der Waals surface area contributed by atoms with E-state index in [2.05, 4.69) is 16.4 Å². The van der Waals surface area contributed by atoms with E-state index < -0.39 is 5.54 Å². The van der Waals surface area contributed by atoms with Crippen LogP contribution in [0.5, 0.6) is 0 Å². The fourth-order valence-electron chi connectivity index (χ4n) is 3.88. The van der Waals surface area contributed by atoms with Crippen molar-refractivity contribution in [2.24, 2.45) is 0 Å². The van der Waals surface area contributed by atoms with Crippen LogP contribution in [0.25, 0.3) is 10.9 Å². The van der Waals surface area contributed by atoms with E-state index in [1.54, 1.807) is 22.8 Å². The summed E-state index contributed by atoms with van der Waals surface area (Å²) < 4.78 is 7.19. The second-order valence-corrected chi connectivity index (χ2v) is 9.76. The SMILES string of the molecule is CC(C)OCCCn1c(SCC(=O)NC2(C#N)CCCCC2)nc2cc(Cl)ccc2c1=O. The standard InChI is InChI=1S/C23H29ClN4O3S/c1-16(2)31-12-6-11-28-21(30)18-8-7-17(24)13-19(18)26-22(28)32-14-20(29)27-23(15-25)9-4-3-5-10-23/h7-8,13,16H,3-6,9-12,14H2,1-2H3,(H,27,29). The van der Waals surface area contributed by atoms with Crippen molar-refractivity contribution in [1.29, 1.82) is 5.26 Å². The number of halogens is 1. The van der Waals surface area contributed by atoms with Gasteiger partial charge in [-0.15, -0.1) is 0 Å². The van der Waals surface area contributed by atoms with E-state index in [0.717, 1.165) is 19.3 Å². The minimum absolute atomic E-state index is 0.0738. The molecule has 1 aliphatic rings. The molecular formula is C23H29ClN4O3S. The fourth-order valence-corrected chi connectivity index (χ4v) is 4.87. The number of thioether (sulfide) groups is 1. The number of nitrogens with zero attached hydrogens (tertiary/aromatic N) is 3. The van der Waals surface area contributed by atoms with Gasteiger partial charge in [-0.1, -0.05) is 42.6 Å². The lowest BCUT2D eigenvalue weighted by molar-refractivity contribution is -0.120. The quantitative estimate of drug-likeness (QED) is 0.329. The lowest BCUT2D eigenvalue weighted by Gasteiger charge is -2.31. The maximum absolute atomic E-state index is 13.1. The average molecular weight is 477 g/mol. The Morgan fingerprint density at radius 1 is 1.38 bits per heavy atom. The van der Waals surface area contributed by atoms with Gasteiger partial charge in [0.05, 0.1) is 28.8 Å². The first-order valence-electron chi connectivity index (χ1n) is 11.0. The molecule has 0 saturated heterocycles. The van der Waals surface area contributed by atoms with Gasteiger partial charge in [0.25, 0.3) is 5.56 Å². The van der Waals surface area contributed by atoms with Gasteiger partial charge in [-0.3, -0.25) is 14.2 Å². The van der Waals surface area contributed by atoms with Gasteiger partial charge < -0.3 is 10.1 Å². The second-order valence-electron chi connectivity index (χ2n) is 8.38. The normalized spacial score (nSPS) is 15.6. The third-order valence-electron chi connectivity index (χ3n) is 5.49. The first-order chi connectivity index (χ1) is 15.3. The molecule has 1 amide bonds. The summed E-state index contributed by atoms with van der Waals surface area (Å²) in [6.45, 7) is 4.89. The Bertz CT molecular complexity index is 1060. The molecule has 32 heavy (non-hydrogen) atoms. The zero-order valence-electron chi connectivity index (χ0n) is 18.5. The molecule has 1 N–H and O–H groups in total. The largest absolute Gasteiger partial charge is 0.379 e. The van der Waals surface area contributed by atoms with E-state index in [0.29, 0.717) is 53.5 Å². The number of carbonyl (C=O) groups is 1. The Labute approximate surface area is 197 Å². The van der Waals surface area contributed by atoms with E-state index >= 15 is 0 Å². The Morgan fingerprint density at radius 3 is 2.81 bits per heavy atom. The van der Waals surface area contributed by atoms with Gasteiger partial charge in [-0.05, 0) is 51.3 Å². The molecule has 0 atom stereocenters. The highest BCUT2D eigenvalue weighted by atomic mass is 35.5. The molecule has 0 bridgehead atoms. The maximum Gasteiger partial charge on any atom is 0.262 e. The lowest BCUT2D eigenvalue weighted by atomic mass is 9.83. The lowest BCUT2D eigenvalue weighted by Crippen LogP contribution is -2.49.